The molecule has 5 nitrogen and oxygen atoms in total. The summed E-state index contributed by atoms with van der Waals surface area (Å²) in [5.74, 6) is -0.594. The van der Waals surface area contributed by atoms with Gasteiger partial charge in [-0.1, -0.05) is 0 Å². The van der Waals surface area contributed by atoms with Gasteiger partial charge in [0.05, 0.1) is 17.9 Å². The van der Waals surface area contributed by atoms with Crippen molar-refractivity contribution in [2.75, 3.05) is 12.9 Å². The van der Waals surface area contributed by atoms with E-state index in [4.69, 9.17) is 10.00 Å². The zero-order valence-electron chi connectivity index (χ0n) is 9.39. The maximum atomic E-state index is 11.6. The fourth-order valence-electron chi connectivity index (χ4n) is 1.97. The normalized spacial score (nSPS) is 29.7. The number of carbonyl (C=O) groups excluding carboxylic acids is 1. The lowest BCUT2D eigenvalue weighted by Gasteiger charge is -2.18. The molecule has 1 aliphatic carbocycles. The highest BCUT2D eigenvalue weighted by Crippen LogP contribution is 2.41. The molecule has 0 spiro atoms. The van der Waals surface area contributed by atoms with Gasteiger partial charge in [0, 0.05) is 6.26 Å². The summed E-state index contributed by atoms with van der Waals surface area (Å²) in [4.78, 5) is 11.6. The van der Waals surface area contributed by atoms with Gasteiger partial charge >= 0.3 is 5.97 Å². The van der Waals surface area contributed by atoms with Crippen molar-refractivity contribution in [3.05, 3.63) is 0 Å². The van der Waals surface area contributed by atoms with Gasteiger partial charge in [0.15, 0.2) is 5.41 Å². The van der Waals surface area contributed by atoms with Gasteiger partial charge < -0.3 is 4.74 Å². The molecular formula is C10H15NO4S. The highest BCUT2D eigenvalue weighted by molar-refractivity contribution is 7.91. The first-order valence-corrected chi connectivity index (χ1v) is 7.08. The average molecular weight is 245 g/mol. The number of ether oxygens (including phenoxy) is 1. The van der Waals surface area contributed by atoms with Crippen molar-refractivity contribution >= 4 is 15.8 Å². The van der Waals surface area contributed by atoms with Crippen LogP contribution in [0.25, 0.3) is 0 Å². The Hall–Kier alpha value is -1.09. The summed E-state index contributed by atoms with van der Waals surface area (Å²) in [7, 11) is -3.19. The Balaban J connectivity index is 2.89. The van der Waals surface area contributed by atoms with Gasteiger partial charge in [-0.25, -0.2) is 8.42 Å². The van der Waals surface area contributed by atoms with Crippen LogP contribution in [0.1, 0.15) is 26.2 Å². The topological polar surface area (TPSA) is 84.2 Å². The van der Waals surface area contributed by atoms with Crippen molar-refractivity contribution in [3.8, 4) is 6.07 Å². The third kappa shape index (κ3) is 2.35. The Bertz CT molecular complexity index is 423. The highest BCUT2D eigenvalue weighted by Gasteiger charge is 2.49. The Morgan fingerprint density at radius 3 is 2.62 bits per heavy atom. The summed E-state index contributed by atoms with van der Waals surface area (Å²) in [5, 5.41) is 8.45. The standard InChI is InChI=1S/C10H15NO4S/c1-3-15-9(12)10(7-11)5-4-8(6-10)16(2,13)14/h8H,3-6H2,1-2H3/t8-,10+/m1/s1. The fourth-order valence-corrected chi connectivity index (χ4v) is 3.10. The molecule has 16 heavy (non-hydrogen) atoms. The maximum Gasteiger partial charge on any atom is 0.326 e. The van der Waals surface area contributed by atoms with Crippen LogP contribution in [0.5, 0.6) is 0 Å². The van der Waals surface area contributed by atoms with E-state index in [-0.39, 0.29) is 19.4 Å². The van der Waals surface area contributed by atoms with E-state index in [0.717, 1.165) is 6.26 Å². The number of esters is 1. The molecule has 6 heteroatoms. The first-order chi connectivity index (χ1) is 7.35. The zero-order valence-corrected chi connectivity index (χ0v) is 10.2. The molecule has 0 heterocycles. The average Bonchev–Trinajstić information content (AvgIpc) is 2.63. The molecule has 0 aliphatic heterocycles. The Labute approximate surface area is 95.3 Å². The number of sulfone groups is 1. The molecule has 1 rings (SSSR count). The fraction of sp³-hybridized carbons (Fsp3) is 0.800. The first-order valence-electron chi connectivity index (χ1n) is 5.13. The van der Waals surface area contributed by atoms with Crippen molar-refractivity contribution in [1.82, 2.24) is 0 Å². The molecule has 2 atom stereocenters. The minimum Gasteiger partial charge on any atom is -0.465 e. The van der Waals surface area contributed by atoms with Crippen LogP contribution in [0, 0.1) is 16.7 Å². The molecule has 0 radical (unpaired) electrons. The smallest absolute Gasteiger partial charge is 0.326 e. The molecule has 0 N–H and O–H groups in total. The first kappa shape index (κ1) is 13.0. The molecule has 0 unspecified atom stereocenters. The summed E-state index contributed by atoms with van der Waals surface area (Å²) in [5.41, 5.74) is -1.26. The number of hydrogen-bond acceptors (Lipinski definition) is 5. The van der Waals surface area contributed by atoms with Gasteiger partial charge in [-0.2, -0.15) is 5.26 Å². The van der Waals surface area contributed by atoms with Gasteiger partial charge in [0.2, 0.25) is 0 Å². The van der Waals surface area contributed by atoms with Crippen LogP contribution in [-0.2, 0) is 19.4 Å². The van der Waals surface area contributed by atoms with Crippen molar-refractivity contribution in [3.63, 3.8) is 0 Å². The largest absolute Gasteiger partial charge is 0.465 e. The second kappa shape index (κ2) is 4.42. The Morgan fingerprint density at radius 2 is 2.25 bits per heavy atom. The van der Waals surface area contributed by atoms with Crippen LogP contribution in [0.15, 0.2) is 0 Å². The minimum atomic E-state index is -3.19. The lowest BCUT2D eigenvalue weighted by atomic mass is 9.88. The third-order valence-corrected chi connectivity index (χ3v) is 4.57. The van der Waals surface area contributed by atoms with E-state index in [1.54, 1.807) is 6.92 Å². The number of rotatable bonds is 3. The van der Waals surface area contributed by atoms with Crippen LogP contribution < -0.4 is 0 Å². The molecule has 0 aromatic carbocycles. The lowest BCUT2D eigenvalue weighted by molar-refractivity contribution is -0.151. The Morgan fingerprint density at radius 1 is 1.62 bits per heavy atom. The van der Waals surface area contributed by atoms with Crippen molar-refractivity contribution in [2.24, 2.45) is 5.41 Å². The number of nitriles is 1. The van der Waals surface area contributed by atoms with Gasteiger partial charge in [-0.05, 0) is 26.2 Å². The molecule has 1 saturated carbocycles. The van der Waals surface area contributed by atoms with Crippen LogP contribution >= 0.6 is 0 Å². The molecule has 0 amide bonds. The minimum absolute atomic E-state index is 0.0567. The van der Waals surface area contributed by atoms with Crippen molar-refractivity contribution in [1.29, 1.82) is 5.26 Å². The number of hydrogen-bond donors (Lipinski definition) is 0. The zero-order chi connectivity index (χ0) is 12.4. The number of nitrogens with zero attached hydrogens (tertiary/aromatic N) is 1. The molecule has 0 saturated heterocycles. The molecular weight excluding hydrogens is 230 g/mol. The van der Waals surface area contributed by atoms with E-state index >= 15 is 0 Å². The molecule has 90 valence electrons. The number of carbonyl (C=O) groups is 1. The van der Waals surface area contributed by atoms with E-state index in [0.29, 0.717) is 6.42 Å². The highest BCUT2D eigenvalue weighted by atomic mass is 32.2. The summed E-state index contributed by atoms with van der Waals surface area (Å²) >= 11 is 0. The molecule has 1 fully saturated rings. The van der Waals surface area contributed by atoms with Gasteiger partial charge in [0.1, 0.15) is 9.84 Å². The van der Waals surface area contributed by atoms with Crippen LogP contribution in [0.4, 0.5) is 0 Å². The van der Waals surface area contributed by atoms with E-state index in [1.165, 1.54) is 0 Å². The van der Waals surface area contributed by atoms with Crippen molar-refractivity contribution < 1.29 is 17.9 Å². The van der Waals surface area contributed by atoms with Crippen LogP contribution in [0.3, 0.4) is 0 Å². The predicted octanol–water partition coefficient (Wildman–Crippen LogP) is 0.657. The van der Waals surface area contributed by atoms with Gasteiger partial charge in [-0.15, -0.1) is 0 Å². The van der Waals surface area contributed by atoms with Crippen LogP contribution in [0.2, 0.25) is 0 Å². The third-order valence-electron chi connectivity index (χ3n) is 2.95. The molecule has 0 aromatic heterocycles. The maximum absolute atomic E-state index is 11.6. The molecule has 0 aromatic rings. The quantitative estimate of drug-likeness (QED) is 0.682. The molecule has 0 bridgehead atoms. The van der Waals surface area contributed by atoms with E-state index < -0.39 is 26.5 Å². The van der Waals surface area contributed by atoms with E-state index in [9.17, 15) is 13.2 Å². The summed E-state index contributed by atoms with van der Waals surface area (Å²) < 4.78 is 27.5. The second-order valence-electron chi connectivity index (χ2n) is 4.11. The van der Waals surface area contributed by atoms with Gasteiger partial charge in [-0.3, -0.25) is 4.79 Å². The van der Waals surface area contributed by atoms with Crippen LogP contribution in [-0.4, -0.2) is 32.5 Å². The SMILES string of the molecule is CCOC(=O)[C@@]1(C#N)CC[C@@H](S(C)(=O)=O)C1. The van der Waals surface area contributed by atoms with Gasteiger partial charge in [0.25, 0.3) is 0 Å². The monoisotopic (exact) mass is 245 g/mol. The Kier molecular flexibility index (Phi) is 3.58. The van der Waals surface area contributed by atoms with Crippen molar-refractivity contribution in [2.45, 2.75) is 31.4 Å². The van der Waals surface area contributed by atoms with E-state index in [2.05, 4.69) is 0 Å². The summed E-state index contributed by atoms with van der Waals surface area (Å²) in [6.07, 6.45) is 1.81. The summed E-state index contributed by atoms with van der Waals surface area (Å²) in [6.45, 7) is 1.86. The second-order valence-corrected chi connectivity index (χ2v) is 6.43. The van der Waals surface area contributed by atoms with E-state index in [1.807, 2.05) is 6.07 Å². The predicted molar refractivity (Wildman–Crippen MR) is 57.2 cm³/mol. The molecule has 1 aliphatic rings. The summed E-state index contributed by atoms with van der Waals surface area (Å²) in [6, 6.07) is 1.93. The lowest BCUT2D eigenvalue weighted by Crippen LogP contribution is -2.30.